The Labute approximate surface area is 185 Å². The van der Waals surface area contributed by atoms with Crippen molar-refractivity contribution in [2.24, 2.45) is 5.92 Å². The van der Waals surface area contributed by atoms with Crippen molar-refractivity contribution in [3.05, 3.63) is 17.7 Å². The van der Waals surface area contributed by atoms with Crippen molar-refractivity contribution in [1.29, 1.82) is 0 Å². The molecular formula is C23H37N3O5. The van der Waals surface area contributed by atoms with E-state index in [-0.39, 0.29) is 11.8 Å². The monoisotopic (exact) mass is 435 g/mol. The van der Waals surface area contributed by atoms with Gasteiger partial charge in [0.05, 0.1) is 24.9 Å². The number of hydrogen-bond donors (Lipinski definition) is 3. The molecule has 1 amide bonds. The molecule has 8 heteroatoms. The average molecular weight is 436 g/mol. The summed E-state index contributed by atoms with van der Waals surface area (Å²) < 4.78 is 16.8. The Bertz CT molecular complexity index is 715. The molecule has 2 aliphatic rings. The number of anilines is 1. The molecule has 8 nitrogen and oxygen atoms in total. The van der Waals surface area contributed by atoms with Crippen LogP contribution >= 0.6 is 0 Å². The number of nitrogens with zero attached hydrogens (tertiary/aromatic N) is 1. The summed E-state index contributed by atoms with van der Waals surface area (Å²) in [5, 5.41) is 16.9. The topological polar surface area (TPSA) is 92.3 Å². The minimum Gasteiger partial charge on any atom is -0.489 e. The third kappa shape index (κ3) is 6.72. The van der Waals surface area contributed by atoms with Crippen LogP contribution in [0.4, 0.5) is 5.69 Å². The summed E-state index contributed by atoms with van der Waals surface area (Å²) >= 11 is 0. The summed E-state index contributed by atoms with van der Waals surface area (Å²) in [5.41, 5.74) is 1.32. The molecule has 1 saturated heterocycles. The summed E-state index contributed by atoms with van der Waals surface area (Å²) in [6.45, 7) is 7.65. The molecule has 2 aliphatic heterocycles. The summed E-state index contributed by atoms with van der Waals surface area (Å²) in [4.78, 5) is 15.3. The molecule has 1 fully saturated rings. The van der Waals surface area contributed by atoms with Crippen LogP contribution in [-0.4, -0.2) is 81.7 Å². The molecular weight excluding hydrogens is 398 g/mol. The van der Waals surface area contributed by atoms with Crippen LogP contribution in [0, 0.1) is 5.92 Å². The van der Waals surface area contributed by atoms with Gasteiger partial charge in [-0.25, -0.2) is 0 Å². The maximum atomic E-state index is 13.1. The Hall–Kier alpha value is -2.03. The van der Waals surface area contributed by atoms with Crippen molar-refractivity contribution >= 4 is 11.6 Å². The van der Waals surface area contributed by atoms with Crippen LogP contribution in [0.15, 0.2) is 12.1 Å². The minimum atomic E-state index is -0.453. The predicted molar refractivity (Wildman–Crippen MR) is 120 cm³/mol. The lowest BCUT2D eigenvalue weighted by Gasteiger charge is -2.36. The SMILES string of the molecule is CCCNc1cc2c(c(C(=O)NC[C@@H]3CCN(CCCOC)CC3O)c1)OCCCO2. The van der Waals surface area contributed by atoms with E-state index in [1.165, 1.54) is 0 Å². The number of aliphatic hydroxyl groups excluding tert-OH is 1. The summed E-state index contributed by atoms with van der Waals surface area (Å²) in [6, 6.07) is 3.73. The highest BCUT2D eigenvalue weighted by Gasteiger charge is 2.28. The highest BCUT2D eigenvalue weighted by atomic mass is 16.5. The molecule has 0 radical (unpaired) electrons. The van der Waals surface area contributed by atoms with Crippen molar-refractivity contribution < 1.29 is 24.1 Å². The van der Waals surface area contributed by atoms with Crippen LogP contribution in [-0.2, 0) is 4.74 Å². The summed E-state index contributed by atoms with van der Waals surface area (Å²) in [6.07, 6.45) is 3.12. The number of rotatable bonds is 10. The van der Waals surface area contributed by atoms with Crippen LogP contribution in [0.1, 0.15) is 43.0 Å². The van der Waals surface area contributed by atoms with Crippen molar-refractivity contribution in [1.82, 2.24) is 10.2 Å². The second-order valence-electron chi connectivity index (χ2n) is 8.30. The lowest BCUT2D eigenvalue weighted by molar-refractivity contribution is 0.0192. The first kappa shape index (κ1) is 23.6. The second-order valence-corrected chi connectivity index (χ2v) is 8.30. The van der Waals surface area contributed by atoms with Crippen LogP contribution in [0.5, 0.6) is 11.5 Å². The van der Waals surface area contributed by atoms with E-state index in [2.05, 4.69) is 22.5 Å². The van der Waals surface area contributed by atoms with Crippen LogP contribution in [0.3, 0.4) is 0 Å². The molecule has 1 unspecified atom stereocenters. The zero-order valence-electron chi connectivity index (χ0n) is 18.8. The van der Waals surface area contributed by atoms with E-state index in [0.717, 1.165) is 57.6 Å². The van der Waals surface area contributed by atoms with Gasteiger partial charge in [0.25, 0.3) is 5.91 Å². The quantitative estimate of drug-likeness (QED) is 0.485. The highest BCUT2D eigenvalue weighted by molar-refractivity contribution is 5.99. The number of piperidine rings is 1. The molecule has 0 saturated carbocycles. The second kappa shape index (κ2) is 12.1. The first-order valence-electron chi connectivity index (χ1n) is 11.5. The van der Waals surface area contributed by atoms with E-state index in [9.17, 15) is 9.90 Å². The number of hydrogen-bond acceptors (Lipinski definition) is 7. The van der Waals surface area contributed by atoms with E-state index in [4.69, 9.17) is 14.2 Å². The molecule has 0 bridgehead atoms. The van der Waals surface area contributed by atoms with Gasteiger partial charge in [-0.15, -0.1) is 0 Å². The zero-order valence-corrected chi connectivity index (χ0v) is 18.8. The summed E-state index contributed by atoms with van der Waals surface area (Å²) in [7, 11) is 1.70. The molecule has 1 aromatic carbocycles. The number of carbonyl (C=O) groups excluding carboxylic acids is 1. The molecule has 2 atom stereocenters. The van der Waals surface area contributed by atoms with Gasteiger partial charge in [0.2, 0.25) is 0 Å². The number of methoxy groups -OCH3 is 1. The Morgan fingerprint density at radius 3 is 2.94 bits per heavy atom. The van der Waals surface area contributed by atoms with Crippen molar-refractivity contribution in [3.63, 3.8) is 0 Å². The van der Waals surface area contributed by atoms with Crippen molar-refractivity contribution in [2.45, 2.75) is 38.7 Å². The molecule has 0 aromatic heterocycles. The normalized spacial score (nSPS) is 21.4. The van der Waals surface area contributed by atoms with Gasteiger partial charge in [0.1, 0.15) is 0 Å². The molecule has 2 heterocycles. The smallest absolute Gasteiger partial charge is 0.255 e. The third-order valence-corrected chi connectivity index (χ3v) is 5.82. The van der Waals surface area contributed by atoms with Crippen LogP contribution < -0.4 is 20.1 Å². The van der Waals surface area contributed by atoms with Crippen LogP contribution in [0.25, 0.3) is 0 Å². The molecule has 0 spiro atoms. The minimum absolute atomic E-state index is 0.0415. The number of aliphatic hydroxyl groups is 1. The van der Waals surface area contributed by atoms with Gasteiger partial charge >= 0.3 is 0 Å². The number of β-amino-alcohol motifs (C(OH)–C–C–N with tert-alkyl or cyclic N) is 1. The van der Waals surface area contributed by atoms with Gasteiger partial charge < -0.3 is 34.9 Å². The maximum absolute atomic E-state index is 13.1. The number of ether oxygens (including phenoxy) is 3. The van der Waals surface area contributed by atoms with Gasteiger partial charge in [-0.3, -0.25) is 4.79 Å². The fraction of sp³-hybridized carbons (Fsp3) is 0.696. The van der Waals surface area contributed by atoms with E-state index >= 15 is 0 Å². The first-order chi connectivity index (χ1) is 15.1. The molecule has 3 N–H and O–H groups in total. The lowest BCUT2D eigenvalue weighted by Crippen LogP contribution is -2.48. The van der Waals surface area contributed by atoms with Gasteiger partial charge in [-0.05, 0) is 31.9 Å². The van der Waals surface area contributed by atoms with Crippen molar-refractivity contribution in [2.75, 3.05) is 65.0 Å². The molecule has 0 aliphatic carbocycles. The summed E-state index contributed by atoms with van der Waals surface area (Å²) in [5.74, 6) is 0.954. The fourth-order valence-corrected chi connectivity index (χ4v) is 4.05. The van der Waals surface area contributed by atoms with E-state index in [1.807, 2.05) is 12.1 Å². The number of nitrogens with one attached hydrogen (secondary N) is 2. The molecule has 31 heavy (non-hydrogen) atoms. The van der Waals surface area contributed by atoms with E-state index in [0.29, 0.717) is 43.4 Å². The first-order valence-corrected chi connectivity index (χ1v) is 11.5. The van der Waals surface area contributed by atoms with Gasteiger partial charge in [-0.1, -0.05) is 6.92 Å². The number of benzene rings is 1. The highest BCUT2D eigenvalue weighted by Crippen LogP contribution is 2.36. The largest absolute Gasteiger partial charge is 0.489 e. The number of amides is 1. The third-order valence-electron chi connectivity index (χ3n) is 5.82. The lowest BCUT2D eigenvalue weighted by atomic mass is 9.93. The number of fused-ring (bicyclic) bond motifs is 1. The van der Waals surface area contributed by atoms with Gasteiger partial charge in [-0.2, -0.15) is 0 Å². The standard InChI is InChI=1S/C23H37N3O5/c1-3-7-24-18-13-19(22-21(14-18)30-11-5-12-31-22)23(28)25-15-17-6-9-26(16-20(17)27)8-4-10-29-2/h13-14,17,20,24,27H,3-12,15-16H2,1-2H3,(H,25,28)/t17-,20?/m0/s1. The predicted octanol–water partition coefficient (Wildman–Crippen LogP) is 2.12. The maximum Gasteiger partial charge on any atom is 0.255 e. The van der Waals surface area contributed by atoms with Gasteiger partial charge in [0, 0.05) is 64.0 Å². The Kier molecular flexibility index (Phi) is 9.24. The van der Waals surface area contributed by atoms with E-state index in [1.54, 1.807) is 7.11 Å². The Balaban J connectivity index is 1.61. The fourth-order valence-electron chi connectivity index (χ4n) is 4.05. The average Bonchev–Trinajstić information content (AvgIpc) is 3.02. The zero-order chi connectivity index (χ0) is 22.1. The number of likely N-dealkylation sites (tertiary alicyclic amines) is 1. The molecule has 1 aromatic rings. The Morgan fingerprint density at radius 2 is 2.16 bits per heavy atom. The number of carbonyl (C=O) groups is 1. The van der Waals surface area contributed by atoms with Gasteiger partial charge in [0.15, 0.2) is 11.5 Å². The molecule has 174 valence electrons. The van der Waals surface area contributed by atoms with Crippen molar-refractivity contribution in [3.8, 4) is 11.5 Å². The van der Waals surface area contributed by atoms with E-state index < -0.39 is 6.10 Å². The Morgan fingerprint density at radius 1 is 1.32 bits per heavy atom. The van der Waals surface area contributed by atoms with Crippen LogP contribution in [0.2, 0.25) is 0 Å². The molecule has 3 rings (SSSR count).